The summed E-state index contributed by atoms with van der Waals surface area (Å²) in [6.07, 6.45) is 0. The molecule has 1 nitrogen and oxygen atoms in total. The third-order valence-electron chi connectivity index (χ3n) is 1.53. The van der Waals surface area contributed by atoms with Crippen LogP contribution in [0.4, 0.5) is 0 Å². The van der Waals surface area contributed by atoms with Gasteiger partial charge in [0.1, 0.15) is 0 Å². The zero-order valence-corrected chi connectivity index (χ0v) is 11.6. The molecular weight excluding hydrogens is 363 g/mol. The first-order valence-electron chi connectivity index (χ1n) is 3.68. The second-order valence-electron chi connectivity index (χ2n) is 2.68. The van der Waals surface area contributed by atoms with E-state index < -0.39 is 0 Å². The molecule has 0 bridgehead atoms. The first-order chi connectivity index (χ1) is 6.00. The van der Waals surface area contributed by atoms with Crippen LogP contribution in [0.25, 0.3) is 0 Å². The van der Waals surface area contributed by atoms with Crippen LogP contribution in [0.3, 0.4) is 0 Å². The van der Waals surface area contributed by atoms with E-state index in [-0.39, 0.29) is 10.6 Å². The molecule has 0 saturated carbocycles. The quantitative estimate of drug-likeness (QED) is 0.364. The van der Waals surface area contributed by atoms with Crippen LogP contribution in [0.1, 0.15) is 17.3 Å². The van der Waals surface area contributed by atoms with E-state index in [0.29, 0.717) is 5.56 Å². The summed E-state index contributed by atoms with van der Waals surface area (Å²) >= 11 is 9.63. The molecule has 1 aromatic carbocycles. The SMILES string of the molecule is CC(Br)C(=O)c1cc(S)cc(I)c1. The van der Waals surface area contributed by atoms with Crippen molar-refractivity contribution in [1.82, 2.24) is 0 Å². The van der Waals surface area contributed by atoms with E-state index >= 15 is 0 Å². The van der Waals surface area contributed by atoms with Gasteiger partial charge >= 0.3 is 0 Å². The van der Waals surface area contributed by atoms with Gasteiger partial charge in [0, 0.05) is 14.0 Å². The fraction of sp³-hybridized carbons (Fsp3) is 0.222. The first-order valence-corrected chi connectivity index (χ1v) is 6.12. The van der Waals surface area contributed by atoms with Crippen LogP contribution in [-0.2, 0) is 0 Å². The number of hydrogen-bond donors (Lipinski definition) is 1. The Morgan fingerprint density at radius 2 is 2.15 bits per heavy atom. The molecule has 0 aliphatic heterocycles. The normalized spacial score (nSPS) is 12.6. The number of carbonyl (C=O) groups is 1. The van der Waals surface area contributed by atoms with Crippen molar-refractivity contribution in [2.24, 2.45) is 0 Å². The summed E-state index contributed by atoms with van der Waals surface area (Å²) < 4.78 is 1.03. The van der Waals surface area contributed by atoms with E-state index in [1.165, 1.54) is 0 Å². The van der Waals surface area contributed by atoms with Crippen LogP contribution in [0.15, 0.2) is 23.1 Å². The van der Waals surface area contributed by atoms with E-state index in [0.717, 1.165) is 8.47 Å². The van der Waals surface area contributed by atoms with Crippen molar-refractivity contribution in [2.45, 2.75) is 16.6 Å². The number of rotatable bonds is 2. The summed E-state index contributed by atoms with van der Waals surface area (Å²) in [5, 5.41) is 0. The molecule has 1 aromatic rings. The minimum Gasteiger partial charge on any atom is -0.293 e. The van der Waals surface area contributed by atoms with Crippen LogP contribution in [0.2, 0.25) is 0 Å². The smallest absolute Gasteiger partial charge is 0.176 e. The number of carbonyl (C=O) groups excluding carboxylic acids is 1. The standard InChI is InChI=1S/C9H8BrIOS/c1-5(10)9(12)6-2-7(11)4-8(13)3-6/h2-5,13H,1H3. The van der Waals surface area contributed by atoms with Gasteiger partial charge in [-0.2, -0.15) is 0 Å². The molecule has 0 saturated heterocycles. The first kappa shape index (κ1) is 11.5. The molecule has 0 fully saturated rings. The fourth-order valence-electron chi connectivity index (χ4n) is 0.946. The molecule has 70 valence electrons. The maximum Gasteiger partial charge on any atom is 0.176 e. The molecule has 1 atom stereocenters. The number of thiol groups is 1. The summed E-state index contributed by atoms with van der Waals surface area (Å²) in [6, 6.07) is 5.56. The zero-order chi connectivity index (χ0) is 10.0. The molecule has 0 aliphatic rings. The van der Waals surface area contributed by atoms with Crippen molar-refractivity contribution in [2.75, 3.05) is 0 Å². The van der Waals surface area contributed by atoms with Gasteiger partial charge in [-0.15, -0.1) is 12.6 Å². The third kappa shape index (κ3) is 3.25. The number of hydrogen-bond acceptors (Lipinski definition) is 2. The lowest BCUT2D eigenvalue weighted by Gasteiger charge is -2.04. The maximum atomic E-state index is 11.6. The van der Waals surface area contributed by atoms with Crippen molar-refractivity contribution >= 4 is 56.9 Å². The van der Waals surface area contributed by atoms with E-state index in [4.69, 9.17) is 0 Å². The average Bonchev–Trinajstić information content (AvgIpc) is 2.01. The van der Waals surface area contributed by atoms with Crippen molar-refractivity contribution in [3.63, 3.8) is 0 Å². The molecule has 1 unspecified atom stereocenters. The maximum absolute atomic E-state index is 11.6. The Hall–Kier alpha value is 0.450. The highest BCUT2D eigenvalue weighted by molar-refractivity contribution is 14.1. The van der Waals surface area contributed by atoms with E-state index in [1.54, 1.807) is 6.07 Å². The van der Waals surface area contributed by atoms with Crippen LogP contribution >= 0.6 is 51.1 Å². The lowest BCUT2D eigenvalue weighted by Crippen LogP contribution is -2.10. The predicted octanol–water partition coefficient (Wildman–Crippen LogP) is 3.55. The minimum absolute atomic E-state index is 0.0915. The number of alkyl halides is 1. The molecule has 0 spiro atoms. The summed E-state index contributed by atoms with van der Waals surface area (Å²) in [6.45, 7) is 1.82. The lowest BCUT2D eigenvalue weighted by atomic mass is 10.1. The minimum atomic E-state index is -0.140. The van der Waals surface area contributed by atoms with Gasteiger partial charge < -0.3 is 0 Å². The largest absolute Gasteiger partial charge is 0.293 e. The van der Waals surface area contributed by atoms with Crippen LogP contribution in [0, 0.1) is 3.57 Å². The summed E-state index contributed by atoms with van der Waals surface area (Å²) in [7, 11) is 0. The third-order valence-corrected chi connectivity index (χ3v) is 2.83. The molecule has 13 heavy (non-hydrogen) atoms. The molecule has 0 heterocycles. The summed E-state index contributed by atoms with van der Waals surface area (Å²) in [5.74, 6) is 0.0915. The second-order valence-corrected chi connectivity index (χ2v) is 5.81. The Morgan fingerprint density at radius 1 is 1.54 bits per heavy atom. The molecule has 0 N–H and O–H groups in total. The Bertz CT molecular complexity index is 318. The van der Waals surface area contributed by atoms with Crippen molar-refractivity contribution in [3.05, 3.63) is 27.3 Å². The van der Waals surface area contributed by atoms with E-state index in [9.17, 15) is 4.79 Å². The van der Waals surface area contributed by atoms with Crippen molar-refractivity contribution in [3.8, 4) is 0 Å². The van der Waals surface area contributed by atoms with Crippen molar-refractivity contribution in [1.29, 1.82) is 0 Å². The highest BCUT2D eigenvalue weighted by atomic mass is 127. The highest BCUT2D eigenvalue weighted by Crippen LogP contribution is 2.18. The Kier molecular flexibility index (Phi) is 4.25. The van der Waals surface area contributed by atoms with Crippen molar-refractivity contribution < 1.29 is 4.79 Å². The average molecular weight is 371 g/mol. The van der Waals surface area contributed by atoms with Crippen LogP contribution in [-0.4, -0.2) is 10.6 Å². The second kappa shape index (κ2) is 4.79. The summed E-state index contributed by atoms with van der Waals surface area (Å²) in [5.41, 5.74) is 0.710. The predicted molar refractivity (Wildman–Crippen MR) is 69.1 cm³/mol. The van der Waals surface area contributed by atoms with Gasteiger partial charge in [0.15, 0.2) is 5.78 Å². The monoisotopic (exact) mass is 370 g/mol. The molecular formula is C9H8BrIOS. The molecule has 0 amide bonds. The lowest BCUT2D eigenvalue weighted by molar-refractivity contribution is 0.0995. The van der Waals surface area contributed by atoms with Crippen LogP contribution < -0.4 is 0 Å². The van der Waals surface area contributed by atoms with Gasteiger partial charge in [0.25, 0.3) is 0 Å². The molecule has 0 radical (unpaired) electrons. The van der Waals surface area contributed by atoms with Gasteiger partial charge in [-0.25, -0.2) is 0 Å². The van der Waals surface area contributed by atoms with Gasteiger partial charge in [-0.05, 0) is 47.7 Å². The molecule has 4 heteroatoms. The number of ketones is 1. The van der Waals surface area contributed by atoms with Crippen LogP contribution in [0.5, 0.6) is 0 Å². The topological polar surface area (TPSA) is 17.1 Å². The van der Waals surface area contributed by atoms with E-state index in [2.05, 4.69) is 51.1 Å². The number of Topliss-reactive ketones (excluding diaryl/α,β-unsaturated/α-hetero) is 1. The number of benzene rings is 1. The molecule has 0 aromatic heterocycles. The molecule has 0 aliphatic carbocycles. The van der Waals surface area contributed by atoms with Gasteiger partial charge in [0.2, 0.25) is 0 Å². The Morgan fingerprint density at radius 3 is 2.62 bits per heavy atom. The number of halogens is 2. The summed E-state index contributed by atoms with van der Waals surface area (Å²) in [4.78, 5) is 12.2. The van der Waals surface area contributed by atoms with Gasteiger partial charge in [-0.3, -0.25) is 4.79 Å². The van der Waals surface area contributed by atoms with E-state index in [1.807, 2.05) is 19.1 Å². The van der Waals surface area contributed by atoms with Gasteiger partial charge in [-0.1, -0.05) is 15.9 Å². The zero-order valence-electron chi connectivity index (χ0n) is 6.92. The highest BCUT2D eigenvalue weighted by Gasteiger charge is 2.12. The Labute approximate surface area is 105 Å². The fourth-order valence-corrected chi connectivity index (χ4v) is 2.41. The Balaban J connectivity index is 3.08. The van der Waals surface area contributed by atoms with Gasteiger partial charge in [0.05, 0.1) is 4.83 Å². The molecule has 1 rings (SSSR count).